The van der Waals surface area contributed by atoms with Crippen LogP contribution in [0.4, 0.5) is 0 Å². The topological polar surface area (TPSA) is 18.5 Å². The zero-order valence-corrected chi connectivity index (χ0v) is 34.5. The van der Waals surface area contributed by atoms with Crippen molar-refractivity contribution in [2.75, 3.05) is 25.6 Å². The lowest BCUT2D eigenvalue weighted by molar-refractivity contribution is 0.0490. The van der Waals surface area contributed by atoms with Crippen LogP contribution in [0.3, 0.4) is 0 Å². The molecule has 1 aromatic rings. The van der Waals surface area contributed by atoms with Gasteiger partial charge in [-0.25, -0.2) is 0 Å². The molecule has 292 valence electrons. The highest BCUT2D eigenvalue weighted by Gasteiger charge is 2.10. The summed E-state index contributed by atoms with van der Waals surface area (Å²) in [4.78, 5) is 0. The molecule has 0 amide bonds. The van der Waals surface area contributed by atoms with Crippen LogP contribution < -0.4 is 0 Å². The van der Waals surface area contributed by atoms with Crippen molar-refractivity contribution in [2.45, 2.75) is 193 Å². The monoisotopic (exact) mass is 723 g/mol. The average molecular weight is 723 g/mol. The third-order valence-electron chi connectivity index (χ3n) is 9.42. The van der Waals surface area contributed by atoms with E-state index in [1.54, 1.807) is 0 Å². The molecule has 0 saturated carbocycles. The maximum atomic E-state index is 6.44. The number of allylic oxidation sites excluding steroid dienone is 8. The molecule has 3 heteroatoms. The molecule has 0 spiro atoms. The van der Waals surface area contributed by atoms with Gasteiger partial charge >= 0.3 is 0 Å². The predicted octanol–water partition coefficient (Wildman–Crippen LogP) is 15.7. The zero-order chi connectivity index (χ0) is 36.4. The van der Waals surface area contributed by atoms with Gasteiger partial charge in [0.15, 0.2) is 0 Å². The number of thioether (sulfide) groups is 1. The highest BCUT2D eigenvalue weighted by Crippen LogP contribution is 2.18. The van der Waals surface area contributed by atoms with E-state index in [2.05, 4.69) is 92.8 Å². The largest absolute Gasteiger partial charge is 0.381 e. The second-order valence-corrected chi connectivity index (χ2v) is 15.4. The molecular weight excluding hydrogens is 641 g/mol. The van der Waals surface area contributed by atoms with Gasteiger partial charge in [0.2, 0.25) is 0 Å². The van der Waals surface area contributed by atoms with Gasteiger partial charge in [0.25, 0.3) is 0 Å². The molecule has 2 nitrogen and oxygen atoms in total. The smallest absolute Gasteiger partial charge is 0.0666 e. The van der Waals surface area contributed by atoms with Crippen molar-refractivity contribution in [1.29, 1.82) is 0 Å². The van der Waals surface area contributed by atoms with Gasteiger partial charge in [0.1, 0.15) is 0 Å². The first-order valence-corrected chi connectivity index (χ1v) is 22.9. The van der Waals surface area contributed by atoms with Crippen LogP contribution in [0.15, 0.2) is 78.9 Å². The van der Waals surface area contributed by atoms with Gasteiger partial charge in [-0.2, -0.15) is 11.8 Å². The Morgan fingerprint density at radius 1 is 0.490 bits per heavy atom. The van der Waals surface area contributed by atoms with E-state index in [-0.39, 0.29) is 0 Å². The first kappa shape index (κ1) is 47.5. The Labute approximate surface area is 322 Å². The van der Waals surface area contributed by atoms with Gasteiger partial charge < -0.3 is 9.47 Å². The number of rotatable bonds is 39. The lowest BCUT2D eigenvalue weighted by atomic mass is 10.1. The summed E-state index contributed by atoms with van der Waals surface area (Å²) in [7, 11) is 0. The van der Waals surface area contributed by atoms with E-state index in [0.29, 0.717) is 6.10 Å². The molecule has 1 unspecified atom stereocenters. The summed E-state index contributed by atoms with van der Waals surface area (Å²) in [5.41, 5.74) is 1.41. The van der Waals surface area contributed by atoms with Crippen LogP contribution in [-0.4, -0.2) is 31.7 Å². The number of unbranched alkanes of at least 4 members (excludes halogenated alkanes) is 18. The quantitative estimate of drug-likeness (QED) is 0.0498. The molecule has 0 bridgehead atoms. The van der Waals surface area contributed by atoms with Crippen LogP contribution in [-0.2, 0) is 15.2 Å². The first-order valence-electron chi connectivity index (χ1n) is 21.8. The van der Waals surface area contributed by atoms with Crippen LogP contribution in [0.5, 0.6) is 0 Å². The van der Waals surface area contributed by atoms with E-state index >= 15 is 0 Å². The van der Waals surface area contributed by atoms with Crippen molar-refractivity contribution >= 4 is 11.8 Å². The van der Waals surface area contributed by atoms with E-state index in [0.717, 1.165) is 57.0 Å². The Morgan fingerprint density at radius 2 is 0.941 bits per heavy atom. The Balaban J connectivity index is 2.05. The standard InChI is InChI=1S/C48H82O2S/c1-3-5-7-9-11-13-15-17-19-21-23-25-27-29-31-36-42-49-43-38-41-48(46-51-45-47-39-34-33-35-40-47)50-44-37-32-30-28-26-24-22-20-18-16-14-12-10-8-6-4-2/h11-14,17-20,33-35,39-40,48H,3-10,15-16,21-32,36-38,41-46H2,1-2H3/b13-11-,14-12-,19-17-,20-18-. The average Bonchev–Trinajstić information content (AvgIpc) is 3.15. The summed E-state index contributed by atoms with van der Waals surface area (Å²) in [6.45, 7) is 7.22. The minimum atomic E-state index is 0.335. The molecule has 51 heavy (non-hydrogen) atoms. The van der Waals surface area contributed by atoms with Crippen molar-refractivity contribution in [2.24, 2.45) is 0 Å². The lowest BCUT2D eigenvalue weighted by Crippen LogP contribution is -2.18. The second-order valence-electron chi connectivity index (χ2n) is 14.4. The van der Waals surface area contributed by atoms with Crippen LogP contribution in [0, 0.1) is 0 Å². The van der Waals surface area contributed by atoms with Gasteiger partial charge in [0, 0.05) is 31.3 Å². The SMILES string of the molecule is CCCCC/C=C\C/C=C\CCCCCCCCOCCCC(CSCc1ccccc1)OCCCCCCCC/C=C\C/C=C\CCCCC. The maximum Gasteiger partial charge on any atom is 0.0666 e. The van der Waals surface area contributed by atoms with E-state index < -0.39 is 0 Å². The van der Waals surface area contributed by atoms with E-state index in [9.17, 15) is 0 Å². The fourth-order valence-corrected chi connectivity index (χ4v) is 7.22. The van der Waals surface area contributed by atoms with Crippen molar-refractivity contribution in [3.8, 4) is 0 Å². The molecule has 1 rings (SSSR count). The number of ether oxygens (including phenoxy) is 2. The normalized spacial score (nSPS) is 12.8. The Morgan fingerprint density at radius 3 is 1.47 bits per heavy atom. The molecule has 1 aromatic carbocycles. The Hall–Kier alpha value is -1.55. The van der Waals surface area contributed by atoms with Crippen molar-refractivity contribution in [1.82, 2.24) is 0 Å². The molecule has 0 saturated heterocycles. The zero-order valence-electron chi connectivity index (χ0n) is 33.7. The van der Waals surface area contributed by atoms with Gasteiger partial charge in [-0.3, -0.25) is 0 Å². The first-order chi connectivity index (χ1) is 25.4. The summed E-state index contributed by atoms with van der Waals surface area (Å²) >= 11 is 2.01. The summed E-state index contributed by atoms with van der Waals surface area (Å²) < 4.78 is 12.5. The second kappa shape index (κ2) is 41.2. The Kier molecular flexibility index (Phi) is 38.4. The Bertz CT molecular complexity index is 920. The molecule has 0 fully saturated rings. The number of benzene rings is 1. The van der Waals surface area contributed by atoms with Crippen molar-refractivity contribution < 1.29 is 9.47 Å². The van der Waals surface area contributed by atoms with Crippen LogP contribution in [0.25, 0.3) is 0 Å². The van der Waals surface area contributed by atoms with E-state index in [1.165, 1.54) is 147 Å². The van der Waals surface area contributed by atoms with Crippen molar-refractivity contribution in [3.63, 3.8) is 0 Å². The molecule has 0 N–H and O–H groups in total. The minimum absolute atomic E-state index is 0.335. The van der Waals surface area contributed by atoms with Crippen LogP contribution in [0.2, 0.25) is 0 Å². The molecule has 1 atom stereocenters. The van der Waals surface area contributed by atoms with Crippen molar-refractivity contribution in [3.05, 3.63) is 84.5 Å². The molecule has 0 heterocycles. The minimum Gasteiger partial charge on any atom is -0.381 e. The molecule has 0 aliphatic rings. The highest BCUT2D eigenvalue weighted by molar-refractivity contribution is 7.98. The van der Waals surface area contributed by atoms with Crippen LogP contribution in [0.1, 0.15) is 186 Å². The molecule has 0 aliphatic carbocycles. The predicted molar refractivity (Wildman–Crippen MR) is 231 cm³/mol. The molecule has 0 aliphatic heterocycles. The summed E-state index contributed by atoms with van der Waals surface area (Å²) in [5.74, 6) is 2.14. The summed E-state index contributed by atoms with van der Waals surface area (Å²) in [5, 5.41) is 0. The fraction of sp³-hybridized carbons (Fsp3) is 0.708. The molecular formula is C48H82O2S. The third kappa shape index (κ3) is 36.6. The van der Waals surface area contributed by atoms with Gasteiger partial charge in [-0.1, -0.05) is 170 Å². The summed E-state index contributed by atoms with van der Waals surface area (Å²) in [6, 6.07) is 10.8. The lowest BCUT2D eigenvalue weighted by Gasteiger charge is -2.18. The number of hydrogen-bond acceptors (Lipinski definition) is 3. The van der Waals surface area contributed by atoms with E-state index in [4.69, 9.17) is 9.47 Å². The fourth-order valence-electron chi connectivity index (χ4n) is 6.14. The molecule has 0 aromatic heterocycles. The third-order valence-corrected chi connectivity index (χ3v) is 10.6. The summed E-state index contributed by atoms with van der Waals surface area (Å²) in [6.07, 6.45) is 52.2. The van der Waals surface area contributed by atoms with E-state index in [1.807, 2.05) is 11.8 Å². The maximum absolute atomic E-state index is 6.44. The highest BCUT2D eigenvalue weighted by atomic mass is 32.2. The van der Waals surface area contributed by atoms with Gasteiger partial charge in [-0.15, -0.1) is 0 Å². The molecule has 0 radical (unpaired) electrons. The van der Waals surface area contributed by atoms with Gasteiger partial charge in [0.05, 0.1) is 6.10 Å². The van der Waals surface area contributed by atoms with Gasteiger partial charge in [-0.05, 0) is 95.5 Å². The number of hydrogen-bond donors (Lipinski definition) is 0. The van der Waals surface area contributed by atoms with Crippen LogP contribution >= 0.6 is 11.8 Å².